The molecule has 2 heterocycles. The van der Waals surface area contributed by atoms with Crippen LogP contribution < -0.4 is 10.9 Å². The van der Waals surface area contributed by atoms with E-state index >= 15 is 0 Å². The molecule has 1 amide bonds. The van der Waals surface area contributed by atoms with Gasteiger partial charge in [-0.25, -0.2) is 9.78 Å². The maximum absolute atomic E-state index is 13.4. The van der Waals surface area contributed by atoms with Gasteiger partial charge in [-0.05, 0) is 59.5 Å². The maximum Gasteiger partial charge on any atom is 0.409 e. The second-order valence-corrected chi connectivity index (χ2v) is 9.53. The minimum absolute atomic E-state index is 0.249. The van der Waals surface area contributed by atoms with Crippen molar-refractivity contribution in [2.75, 3.05) is 5.32 Å². The maximum atomic E-state index is 13.4. The third-order valence-electron chi connectivity index (χ3n) is 6.22. The standard InChI is InChI=1S/C29H22Cl2N4O3/c30-19-8-11-24(31)22(15-19)21-12-13-32-28(36)26(21)23(14-17-4-2-1-3-5-17)27-33-16-25(35-27)18-6-9-20(10-7-18)34-29(37)38/h1-13,15-16,23,34H,14H2,(H,32,36)(H,33,35)(H,37,38). The summed E-state index contributed by atoms with van der Waals surface area (Å²) in [5.74, 6) is 0.168. The molecule has 38 heavy (non-hydrogen) atoms. The summed E-state index contributed by atoms with van der Waals surface area (Å²) in [5, 5.41) is 12.3. The highest BCUT2D eigenvalue weighted by Crippen LogP contribution is 2.37. The smallest absolute Gasteiger partial charge is 0.409 e. The summed E-state index contributed by atoms with van der Waals surface area (Å²) < 4.78 is 0. The van der Waals surface area contributed by atoms with Gasteiger partial charge in [0.1, 0.15) is 5.82 Å². The van der Waals surface area contributed by atoms with Gasteiger partial charge in [-0.15, -0.1) is 0 Å². The molecule has 0 spiro atoms. The Kier molecular flexibility index (Phi) is 7.31. The van der Waals surface area contributed by atoms with Crippen molar-refractivity contribution in [3.63, 3.8) is 0 Å². The van der Waals surface area contributed by atoms with Crippen LogP contribution in [-0.2, 0) is 6.42 Å². The number of nitrogens with zero attached hydrogens (tertiary/aromatic N) is 1. The first-order valence-corrected chi connectivity index (χ1v) is 12.5. The molecule has 0 radical (unpaired) electrons. The van der Waals surface area contributed by atoms with Gasteiger partial charge >= 0.3 is 6.09 Å². The zero-order valence-electron chi connectivity index (χ0n) is 19.9. The van der Waals surface area contributed by atoms with E-state index in [4.69, 9.17) is 28.3 Å². The lowest BCUT2D eigenvalue weighted by atomic mass is 9.87. The van der Waals surface area contributed by atoms with Gasteiger partial charge in [-0.2, -0.15) is 0 Å². The van der Waals surface area contributed by atoms with Crippen molar-refractivity contribution in [2.45, 2.75) is 12.3 Å². The van der Waals surface area contributed by atoms with Crippen molar-refractivity contribution in [1.29, 1.82) is 0 Å². The van der Waals surface area contributed by atoms with Gasteiger partial charge in [0.05, 0.1) is 17.8 Å². The molecule has 1 atom stereocenters. The fraction of sp³-hybridized carbons (Fsp3) is 0.0690. The van der Waals surface area contributed by atoms with Crippen LogP contribution in [0, 0.1) is 0 Å². The molecule has 0 saturated carbocycles. The molecule has 5 rings (SSSR count). The van der Waals surface area contributed by atoms with Crippen molar-refractivity contribution in [2.24, 2.45) is 0 Å². The molecular formula is C29H22Cl2N4O3. The molecule has 2 aromatic heterocycles. The number of anilines is 1. The first-order chi connectivity index (χ1) is 18.4. The van der Waals surface area contributed by atoms with Gasteiger partial charge in [0.15, 0.2) is 0 Å². The summed E-state index contributed by atoms with van der Waals surface area (Å²) in [6.45, 7) is 0. The molecular weight excluding hydrogens is 523 g/mol. The fourth-order valence-corrected chi connectivity index (χ4v) is 4.87. The molecule has 1 unspecified atom stereocenters. The minimum atomic E-state index is -1.13. The summed E-state index contributed by atoms with van der Waals surface area (Å²) in [6, 6.07) is 23.8. The third-order valence-corrected chi connectivity index (χ3v) is 6.79. The number of pyridine rings is 1. The Bertz CT molecular complexity index is 1650. The number of imidazole rings is 1. The van der Waals surface area contributed by atoms with E-state index in [1.807, 2.05) is 36.4 Å². The van der Waals surface area contributed by atoms with Crippen LogP contribution in [0.1, 0.15) is 22.9 Å². The Balaban J connectivity index is 1.61. The zero-order valence-corrected chi connectivity index (χ0v) is 21.4. The fourth-order valence-electron chi connectivity index (χ4n) is 4.48. The highest BCUT2D eigenvalue weighted by atomic mass is 35.5. The van der Waals surface area contributed by atoms with E-state index in [0.29, 0.717) is 44.7 Å². The SMILES string of the molecule is O=C(O)Nc1ccc(-c2cnc(C(Cc3ccccc3)c3c(-c4cc(Cl)ccc4Cl)cc[nH]c3=O)[nH]2)cc1. The average Bonchev–Trinajstić information content (AvgIpc) is 3.40. The van der Waals surface area contributed by atoms with Crippen molar-refractivity contribution >= 4 is 35.0 Å². The van der Waals surface area contributed by atoms with Gasteiger partial charge in [0.2, 0.25) is 0 Å². The highest BCUT2D eigenvalue weighted by molar-refractivity contribution is 6.35. The number of rotatable bonds is 7. The normalized spacial score (nSPS) is 11.7. The Labute approximate surface area is 228 Å². The molecule has 3 aromatic carbocycles. The van der Waals surface area contributed by atoms with Gasteiger partial charge in [0, 0.05) is 33.1 Å². The van der Waals surface area contributed by atoms with Crippen LogP contribution in [-0.4, -0.2) is 26.2 Å². The molecule has 0 aliphatic carbocycles. The zero-order chi connectivity index (χ0) is 26.6. The first-order valence-electron chi connectivity index (χ1n) is 11.8. The number of H-pyrrole nitrogens is 2. The Morgan fingerprint density at radius 3 is 2.47 bits per heavy atom. The Morgan fingerprint density at radius 1 is 0.974 bits per heavy atom. The first kappa shape index (κ1) is 25.3. The number of benzene rings is 3. The van der Waals surface area contributed by atoms with E-state index in [2.05, 4.69) is 20.3 Å². The third kappa shape index (κ3) is 5.49. The number of hydrogen-bond acceptors (Lipinski definition) is 3. The second kappa shape index (κ2) is 11.0. The molecule has 190 valence electrons. The van der Waals surface area contributed by atoms with Gasteiger partial charge in [0.25, 0.3) is 5.56 Å². The van der Waals surface area contributed by atoms with Crippen LogP contribution in [0.25, 0.3) is 22.4 Å². The average molecular weight is 545 g/mol. The Hall–Kier alpha value is -4.33. The number of nitrogens with one attached hydrogen (secondary N) is 3. The van der Waals surface area contributed by atoms with E-state index in [1.165, 1.54) is 0 Å². The number of aromatic amines is 2. The summed E-state index contributed by atoms with van der Waals surface area (Å²) in [7, 11) is 0. The van der Waals surface area contributed by atoms with Crippen LogP contribution in [0.15, 0.2) is 96.1 Å². The number of aromatic nitrogens is 3. The molecule has 0 bridgehead atoms. The molecule has 4 N–H and O–H groups in total. The predicted molar refractivity (Wildman–Crippen MR) is 150 cm³/mol. The molecule has 7 nitrogen and oxygen atoms in total. The quantitative estimate of drug-likeness (QED) is 0.173. The summed E-state index contributed by atoms with van der Waals surface area (Å²) in [6.07, 6.45) is 2.68. The molecule has 0 aliphatic rings. The van der Waals surface area contributed by atoms with Gasteiger partial charge in [-0.3, -0.25) is 10.1 Å². The molecule has 0 fully saturated rings. The lowest BCUT2D eigenvalue weighted by Crippen LogP contribution is -2.21. The summed E-state index contributed by atoms with van der Waals surface area (Å²) >= 11 is 12.9. The molecule has 5 aromatic rings. The van der Waals surface area contributed by atoms with E-state index < -0.39 is 12.0 Å². The van der Waals surface area contributed by atoms with Crippen LogP contribution >= 0.6 is 23.2 Å². The number of halogens is 2. The van der Waals surface area contributed by atoms with E-state index in [-0.39, 0.29) is 5.56 Å². The van der Waals surface area contributed by atoms with Crippen molar-refractivity contribution in [1.82, 2.24) is 15.0 Å². The van der Waals surface area contributed by atoms with Gasteiger partial charge in [-0.1, -0.05) is 65.7 Å². The number of hydrogen-bond donors (Lipinski definition) is 4. The Morgan fingerprint density at radius 2 is 1.74 bits per heavy atom. The van der Waals surface area contributed by atoms with Crippen LogP contribution in [0.3, 0.4) is 0 Å². The van der Waals surface area contributed by atoms with Crippen molar-refractivity contribution < 1.29 is 9.90 Å². The van der Waals surface area contributed by atoms with Crippen molar-refractivity contribution in [3.8, 4) is 22.4 Å². The molecule has 0 saturated heterocycles. The summed E-state index contributed by atoms with van der Waals surface area (Å²) in [4.78, 5) is 35.2. The largest absolute Gasteiger partial charge is 0.465 e. The lowest BCUT2D eigenvalue weighted by molar-refractivity contribution is 0.209. The number of carboxylic acid groups (broad SMARTS) is 1. The number of carbonyl (C=O) groups is 1. The predicted octanol–water partition coefficient (Wildman–Crippen LogP) is 7.20. The van der Waals surface area contributed by atoms with Crippen LogP contribution in [0.2, 0.25) is 10.0 Å². The molecule has 0 aliphatic heterocycles. The minimum Gasteiger partial charge on any atom is -0.465 e. The second-order valence-electron chi connectivity index (χ2n) is 8.69. The van der Waals surface area contributed by atoms with E-state index in [1.54, 1.807) is 54.9 Å². The van der Waals surface area contributed by atoms with Crippen LogP contribution in [0.5, 0.6) is 0 Å². The van der Waals surface area contributed by atoms with E-state index in [0.717, 1.165) is 16.8 Å². The van der Waals surface area contributed by atoms with Crippen molar-refractivity contribution in [3.05, 3.63) is 129 Å². The van der Waals surface area contributed by atoms with E-state index in [9.17, 15) is 9.59 Å². The highest BCUT2D eigenvalue weighted by Gasteiger charge is 2.26. The topological polar surface area (TPSA) is 111 Å². The lowest BCUT2D eigenvalue weighted by Gasteiger charge is -2.19. The van der Waals surface area contributed by atoms with Gasteiger partial charge < -0.3 is 15.1 Å². The molecule has 9 heteroatoms. The van der Waals surface area contributed by atoms with Crippen LogP contribution in [0.4, 0.5) is 10.5 Å². The summed E-state index contributed by atoms with van der Waals surface area (Å²) in [5.41, 5.74) is 4.64. The number of amides is 1. The monoisotopic (exact) mass is 544 g/mol.